The number of rotatable bonds is 5. The third kappa shape index (κ3) is 3.26. The number of carbonyl (C=O) groups excluding carboxylic acids is 3. The van der Waals surface area contributed by atoms with Crippen LogP contribution in [0.25, 0.3) is 0 Å². The van der Waals surface area contributed by atoms with Crippen molar-refractivity contribution in [1.82, 2.24) is 5.32 Å². The maximum absolute atomic E-state index is 13.3. The molecule has 112 valence electrons. The smallest absolute Gasteiger partial charge is 0.299 e. The molecule has 1 aromatic carbocycles. The van der Waals surface area contributed by atoms with Gasteiger partial charge in [0.1, 0.15) is 12.4 Å². The molecule has 6 heteroatoms. The molecular formula is C15H17FN2O3. The Hall–Kier alpha value is -2.24. The number of anilines is 1. The predicted molar refractivity (Wildman–Crippen MR) is 75.5 cm³/mol. The Morgan fingerprint density at radius 2 is 2.05 bits per heavy atom. The normalized spacial score (nSPS) is 13.8. The Bertz CT molecular complexity index is 599. The molecule has 0 bridgehead atoms. The molecule has 21 heavy (non-hydrogen) atoms. The van der Waals surface area contributed by atoms with E-state index in [2.05, 4.69) is 5.32 Å². The molecule has 1 N–H and O–H groups in total. The van der Waals surface area contributed by atoms with Gasteiger partial charge in [-0.25, -0.2) is 4.39 Å². The number of ketones is 1. The zero-order valence-electron chi connectivity index (χ0n) is 12.0. The largest absolute Gasteiger partial charge is 0.355 e. The summed E-state index contributed by atoms with van der Waals surface area (Å²) in [5, 5.41) is 2.68. The van der Waals surface area contributed by atoms with Crippen molar-refractivity contribution >= 4 is 23.3 Å². The fourth-order valence-corrected chi connectivity index (χ4v) is 2.12. The van der Waals surface area contributed by atoms with E-state index in [1.807, 2.05) is 13.8 Å². The lowest BCUT2D eigenvalue weighted by Crippen LogP contribution is -2.40. The van der Waals surface area contributed by atoms with E-state index in [9.17, 15) is 18.8 Å². The molecule has 0 atom stereocenters. The van der Waals surface area contributed by atoms with Crippen LogP contribution in [0, 0.1) is 11.7 Å². The molecule has 0 saturated heterocycles. The summed E-state index contributed by atoms with van der Waals surface area (Å²) in [6.07, 6.45) is 0.823. The molecule has 0 radical (unpaired) electrons. The van der Waals surface area contributed by atoms with Crippen molar-refractivity contribution in [1.29, 1.82) is 0 Å². The molecule has 0 unspecified atom stereocenters. The number of hydrogen-bond acceptors (Lipinski definition) is 3. The summed E-state index contributed by atoms with van der Waals surface area (Å²) < 4.78 is 13.3. The van der Waals surface area contributed by atoms with E-state index in [0.29, 0.717) is 12.5 Å². The Labute approximate surface area is 122 Å². The van der Waals surface area contributed by atoms with Crippen LogP contribution in [0.2, 0.25) is 0 Å². The van der Waals surface area contributed by atoms with Gasteiger partial charge in [-0.15, -0.1) is 0 Å². The van der Waals surface area contributed by atoms with Crippen molar-refractivity contribution in [2.45, 2.75) is 20.3 Å². The van der Waals surface area contributed by atoms with Crippen molar-refractivity contribution in [2.24, 2.45) is 5.92 Å². The van der Waals surface area contributed by atoms with Crippen molar-refractivity contribution in [3.8, 4) is 0 Å². The summed E-state index contributed by atoms with van der Waals surface area (Å²) in [6, 6.07) is 3.48. The second-order valence-corrected chi connectivity index (χ2v) is 5.41. The minimum absolute atomic E-state index is 0.136. The minimum atomic E-state index is -0.797. The highest BCUT2D eigenvalue weighted by molar-refractivity contribution is 6.52. The molecule has 2 amide bonds. The topological polar surface area (TPSA) is 66.5 Å². The monoisotopic (exact) mass is 292 g/mol. The summed E-state index contributed by atoms with van der Waals surface area (Å²) in [4.78, 5) is 36.5. The summed E-state index contributed by atoms with van der Waals surface area (Å²) in [5.41, 5.74) is 0.292. The van der Waals surface area contributed by atoms with Crippen molar-refractivity contribution in [2.75, 3.05) is 18.0 Å². The van der Waals surface area contributed by atoms with E-state index in [1.165, 1.54) is 6.07 Å². The van der Waals surface area contributed by atoms with Crippen LogP contribution >= 0.6 is 0 Å². The number of amides is 2. The van der Waals surface area contributed by atoms with Crippen LogP contribution in [0.3, 0.4) is 0 Å². The summed E-state index contributed by atoms with van der Waals surface area (Å²) in [5.74, 6) is -1.97. The van der Waals surface area contributed by atoms with Gasteiger partial charge in [0, 0.05) is 6.54 Å². The maximum Gasteiger partial charge on any atom is 0.299 e. The first-order valence-corrected chi connectivity index (χ1v) is 6.82. The molecule has 1 aromatic rings. The van der Waals surface area contributed by atoms with Crippen LogP contribution in [-0.4, -0.2) is 30.7 Å². The molecule has 1 heterocycles. The van der Waals surface area contributed by atoms with E-state index in [-0.39, 0.29) is 23.7 Å². The highest BCUT2D eigenvalue weighted by Gasteiger charge is 2.36. The lowest BCUT2D eigenvalue weighted by atomic mass is 10.1. The first kappa shape index (κ1) is 15.2. The van der Waals surface area contributed by atoms with Crippen molar-refractivity contribution < 1.29 is 18.8 Å². The van der Waals surface area contributed by atoms with Gasteiger partial charge in [0.05, 0.1) is 11.3 Å². The van der Waals surface area contributed by atoms with Gasteiger partial charge in [0.2, 0.25) is 5.91 Å². The first-order chi connectivity index (χ1) is 9.90. The molecule has 2 rings (SSSR count). The summed E-state index contributed by atoms with van der Waals surface area (Å²) >= 11 is 0. The molecule has 1 aliphatic heterocycles. The quantitative estimate of drug-likeness (QED) is 0.837. The number of carbonyl (C=O) groups is 3. The average Bonchev–Trinajstić information content (AvgIpc) is 2.63. The van der Waals surface area contributed by atoms with E-state index in [4.69, 9.17) is 0 Å². The van der Waals surface area contributed by atoms with Gasteiger partial charge in [-0.3, -0.25) is 19.3 Å². The zero-order valence-corrected chi connectivity index (χ0v) is 12.0. The van der Waals surface area contributed by atoms with E-state index in [0.717, 1.165) is 23.5 Å². The summed E-state index contributed by atoms with van der Waals surface area (Å²) in [7, 11) is 0. The number of nitrogens with one attached hydrogen (secondary N) is 1. The highest BCUT2D eigenvalue weighted by Crippen LogP contribution is 2.29. The lowest BCUT2D eigenvalue weighted by molar-refractivity contribution is -0.122. The second kappa shape index (κ2) is 6.03. The van der Waals surface area contributed by atoms with E-state index >= 15 is 0 Å². The Kier molecular flexibility index (Phi) is 4.35. The molecule has 1 aliphatic rings. The van der Waals surface area contributed by atoms with E-state index < -0.39 is 17.5 Å². The molecule has 0 spiro atoms. The van der Waals surface area contributed by atoms with Gasteiger partial charge in [0.25, 0.3) is 11.7 Å². The third-order valence-electron chi connectivity index (χ3n) is 3.28. The Balaban J connectivity index is 2.07. The van der Waals surface area contributed by atoms with E-state index in [1.54, 1.807) is 0 Å². The van der Waals surface area contributed by atoms with Crippen LogP contribution < -0.4 is 10.2 Å². The zero-order chi connectivity index (χ0) is 15.6. The lowest BCUT2D eigenvalue weighted by Gasteiger charge is -2.16. The predicted octanol–water partition coefficient (Wildman–Crippen LogP) is 1.52. The number of benzene rings is 1. The number of hydrogen-bond donors (Lipinski definition) is 1. The fourth-order valence-electron chi connectivity index (χ4n) is 2.12. The average molecular weight is 292 g/mol. The number of halogens is 1. The third-order valence-corrected chi connectivity index (χ3v) is 3.28. The van der Waals surface area contributed by atoms with Gasteiger partial charge < -0.3 is 5.32 Å². The minimum Gasteiger partial charge on any atom is -0.355 e. The number of fused-ring (bicyclic) bond motifs is 1. The van der Waals surface area contributed by atoms with Crippen molar-refractivity contribution in [3.63, 3.8) is 0 Å². The highest BCUT2D eigenvalue weighted by atomic mass is 19.1. The maximum atomic E-state index is 13.3. The molecular weight excluding hydrogens is 275 g/mol. The standard InChI is InChI=1S/C15H17FN2O3/c1-9(2)5-6-17-13(19)8-18-12-7-10(16)3-4-11(12)14(20)15(18)21/h3-4,7,9H,5-6,8H2,1-2H3,(H,17,19). The van der Waals surface area contributed by atoms with Gasteiger partial charge in [-0.05, 0) is 30.5 Å². The number of nitrogens with zero attached hydrogens (tertiary/aromatic N) is 1. The van der Waals surface area contributed by atoms with Crippen LogP contribution in [-0.2, 0) is 9.59 Å². The van der Waals surface area contributed by atoms with Crippen molar-refractivity contribution in [3.05, 3.63) is 29.6 Å². The Morgan fingerprint density at radius 1 is 1.33 bits per heavy atom. The molecule has 0 saturated carbocycles. The molecule has 5 nitrogen and oxygen atoms in total. The SMILES string of the molecule is CC(C)CCNC(=O)CN1C(=O)C(=O)c2ccc(F)cc21. The summed E-state index contributed by atoms with van der Waals surface area (Å²) in [6.45, 7) is 4.29. The molecule has 0 aliphatic carbocycles. The van der Waals surface area contributed by atoms with Gasteiger partial charge in [-0.2, -0.15) is 0 Å². The van der Waals surface area contributed by atoms with Gasteiger partial charge in [-0.1, -0.05) is 13.8 Å². The van der Waals surface area contributed by atoms with Crippen LogP contribution in [0.4, 0.5) is 10.1 Å². The van der Waals surface area contributed by atoms with Crippen LogP contribution in [0.1, 0.15) is 30.6 Å². The molecule has 0 fully saturated rings. The van der Waals surface area contributed by atoms with Gasteiger partial charge >= 0.3 is 0 Å². The first-order valence-electron chi connectivity index (χ1n) is 6.82. The van der Waals surface area contributed by atoms with Crippen LogP contribution in [0.15, 0.2) is 18.2 Å². The Morgan fingerprint density at radius 3 is 2.71 bits per heavy atom. The molecule has 0 aromatic heterocycles. The van der Waals surface area contributed by atoms with Crippen LogP contribution in [0.5, 0.6) is 0 Å². The van der Waals surface area contributed by atoms with Gasteiger partial charge in [0.15, 0.2) is 0 Å². The number of Topliss-reactive ketones (excluding diaryl/α,β-unsaturated/α-hetero) is 1. The fraction of sp³-hybridized carbons (Fsp3) is 0.400. The second-order valence-electron chi connectivity index (χ2n) is 5.41.